The van der Waals surface area contributed by atoms with Gasteiger partial charge in [0.05, 0.1) is 7.11 Å². The first-order chi connectivity index (χ1) is 9.19. The molecule has 2 rings (SSSR count). The SMILES string of the molecule is C=C(Br)CN1CCCN(c2nccc(OC)n2)CC1. The lowest BCUT2D eigenvalue weighted by Gasteiger charge is -2.21. The Balaban J connectivity index is 2.00. The van der Waals surface area contributed by atoms with Crippen LogP contribution in [0.15, 0.2) is 23.3 Å². The molecular formula is C13H19BrN4O. The Morgan fingerprint density at radius 3 is 3.00 bits per heavy atom. The van der Waals surface area contributed by atoms with E-state index in [1.54, 1.807) is 19.4 Å². The van der Waals surface area contributed by atoms with Gasteiger partial charge < -0.3 is 9.64 Å². The predicted molar refractivity (Wildman–Crippen MR) is 79.9 cm³/mol. The monoisotopic (exact) mass is 326 g/mol. The van der Waals surface area contributed by atoms with Gasteiger partial charge in [0, 0.05) is 49.5 Å². The Hall–Kier alpha value is -1.14. The molecule has 2 heterocycles. The topological polar surface area (TPSA) is 41.5 Å². The molecule has 0 spiro atoms. The molecule has 5 nitrogen and oxygen atoms in total. The van der Waals surface area contributed by atoms with Crippen molar-refractivity contribution in [3.63, 3.8) is 0 Å². The van der Waals surface area contributed by atoms with Crippen LogP contribution in [0.5, 0.6) is 5.88 Å². The second-order valence-electron chi connectivity index (χ2n) is 4.53. The molecule has 0 N–H and O–H groups in total. The van der Waals surface area contributed by atoms with Crippen LogP contribution in [-0.4, -0.2) is 54.7 Å². The second kappa shape index (κ2) is 6.86. The van der Waals surface area contributed by atoms with Crippen LogP contribution in [0, 0.1) is 0 Å². The molecule has 104 valence electrons. The summed E-state index contributed by atoms with van der Waals surface area (Å²) >= 11 is 3.42. The molecule has 1 aliphatic rings. The highest BCUT2D eigenvalue weighted by atomic mass is 79.9. The van der Waals surface area contributed by atoms with Crippen molar-refractivity contribution < 1.29 is 4.74 Å². The molecule has 0 saturated carbocycles. The standard InChI is InChI=1S/C13H19BrN4O/c1-11(14)10-17-6-3-7-18(9-8-17)13-15-5-4-12(16-13)19-2/h4-5H,1,3,6-10H2,2H3. The Bertz CT molecular complexity index is 440. The highest BCUT2D eigenvalue weighted by Crippen LogP contribution is 2.15. The maximum atomic E-state index is 5.14. The molecule has 0 amide bonds. The van der Waals surface area contributed by atoms with Gasteiger partial charge in [-0.1, -0.05) is 22.5 Å². The van der Waals surface area contributed by atoms with Gasteiger partial charge in [-0.3, -0.25) is 4.90 Å². The number of hydrogen-bond donors (Lipinski definition) is 0. The molecule has 19 heavy (non-hydrogen) atoms. The molecule has 1 aliphatic heterocycles. The van der Waals surface area contributed by atoms with Gasteiger partial charge in [-0.2, -0.15) is 4.98 Å². The van der Waals surface area contributed by atoms with Crippen LogP contribution < -0.4 is 9.64 Å². The van der Waals surface area contributed by atoms with E-state index >= 15 is 0 Å². The van der Waals surface area contributed by atoms with Crippen LogP contribution in [0.1, 0.15) is 6.42 Å². The van der Waals surface area contributed by atoms with E-state index in [1.807, 2.05) is 0 Å². The van der Waals surface area contributed by atoms with Crippen LogP contribution in [-0.2, 0) is 0 Å². The first kappa shape index (κ1) is 14.3. The van der Waals surface area contributed by atoms with Crippen molar-refractivity contribution in [3.05, 3.63) is 23.3 Å². The zero-order valence-electron chi connectivity index (χ0n) is 11.2. The number of ether oxygens (including phenoxy) is 1. The number of rotatable bonds is 4. The van der Waals surface area contributed by atoms with Crippen molar-refractivity contribution in [2.45, 2.75) is 6.42 Å². The van der Waals surface area contributed by atoms with Gasteiger partial charge in [-0.15, -0.1) is 0 Å². The number of aromatic nitrogens is 2. The van der Waals surface area contributed by atoms with Gasteiger partial charge in [-0.05, 0) is 6.42 Å². The van der Waals surface area contributed by atoms with Crippen LogP contribution >= 0.6 is 15.9 Å². The third kappa shape index (κ3) is 4.18. The van der Waals surface area contributed by atoms with E-state index in [0.717, 1.165) is 49.6 Å². The maximum Gasteiger partial charge on any atom is 0.228 e. The predicted octanol–water partition coefficient (Wildman–Crippen LogP) is 1.91. The summed E-state index contributed by atoms with van der Waals surface area (Å²) in [7, 11) is 1.62. The van der Waals surface area contributed by atoms with Crippen molar-refractivity contribution in [2.24, 2.45) is 0 Å². The molecule has 1 aromatic rings. The first-order valence-corrected chi connectivity index (χ1v) is 7.16. The quantitative estimate of drug-likeness (QED) is 0.845. The lowest BCUT2D eigenvalue weighted by molar-refractivity contribution is 0.324. The molecule has 1 fully saturated rings. The minimum atomic E-state index is 0.611. The fourth-order valence-corrected chi connectivity index (χ4v) is 2.52. The Morgan fingerprint density at radius 1 is 1.42 bits per heavy atom. The van der Waals surface area contributed by atoms with E-state index in [-0.39, 0.29) is 0 Å². The van der Waals surface area contributed by atoms with Crippen molar-refractivity contribution in [1.29, 1.82) is 0 Å². The average molecular weight is 327 g/mol. The normalized spacial score (nSPS) is 17.1. The molecule has 0 aromatic carbocycles. The lowest BCUT2D eigenvalue weighted by Crippen LogP contribution is -2.32. The third-order valence-corrected chi connectivity index (χ3v) is 3.34. The third-order valence-electron chi connectivity index (χ3n) is 3.09. The lowest BCUT2D eigenvalue weighted by atomic mass is 10.4. The largest absolute Gasteiger partial charge is 0.481 e. The minimum absolute atomic E-state index is 0.611. The van der Waals surface area contributed by atoms with Gasteiger partial charge in [0.25, 0.3) is 0 Å². The van der Waals surface area contributed by atoms with Crippen LogP contribution in [0.3, 0.4) is 0 Å². The van der Waals surface area contributed by atoms with Crippen LogP contribution in [0.2, 0.25) is 0 Å². The Labute approximate surface area is 122 Å². The van der Waals surface area contributed by atoms with Gasteiger partial charge >= 0.3 is 0 Å². The number of hydrogen-bond acceptors (Lipinski definition) is 5. The van der Waals surface area contributed by atoms with Crippen LogP contribution in [0.25, 0.3) is 0 Å². The summed E-state index contributed by atoms with van der Waals surface area (Å²) in [5.74, 6) is 1.36. The van der Waals surface area contributed by atoms with Crippen molar-refractivity contribution in [2.75, 3.05) is 44.7 Å². The van der Waals surface area contributed by atoms with E-state index in [2.05, 4.69) is 42.3 Å². The van der Waals surface area contributed by atoms with Gasteiger partial charge in [-0.25, -0.2) is 4.98 Å². The summed E-state index contributed by atoms with van der Waals surface area (Å²) in [6.07, 6.45) is 2.84. The van der Waals surface area contributed by atoms with E-state index in [4.69, 9.17) is 4.74 Å². The van der Waals surface area contributed by atoms with Crippen molar-refractivity contribution >= 4 is 21.9 Å². The fourth-order valence-electron chi connectivity index (χ4n) is 2.17. The maximum absolute atomic E-state index is 5.14. The number of methoxy groups -OCH3 is 1. The summed E-state index contributed by atoms with van der Waals surface area (Å²) < 4.78 is 6.17. The molecule has 0 aliphatic carbocycles. The summed E-state index contributed by atoms with van der Waals surface area (Å²) in [5, 5.41) is 0. The zero-order chi connectivity index (χ0) is 13.7. The molecule has 6 heteroatoms. The average Bonchev–Trinajstić information content (AvgIpc) is 2.64. The highest BCUT2D eigenvalue weighted by molar-refractivity contribution is 9.11. The molecule has 1 saturated heterocycles. The Kier molecular flexibility index (Phi) is 5.15. The number of nitrogens with zero attached hydrogens (tertiary/aromatic N) is 4. The van der Waals surface area contributed by atoms with Crippen molar-refractivity contribution in [1.82, 2.24) is 14.9 Å². The van der Waals surface area contributed by atoms with Gasteiger partial charge in [0.2, 0.25) is 11.8 Å². The second-order valence-corrected chi connectivity index (χ2v) is 5.65. The molecule has 0 bridgehead atoms. The van der Waals surface area contributed by atoms with E-state index < -0.39 is 0 Å². The summed E-state index contributed by atoms with van der Waals surface area (Å²) in [6.45, 7) is 8.76. The highest BCUT2D eigenvalue weighted by Gasteiger charge is 2.17. The summed E-state index contributed by atoms with van der Waals surface area (Å²) in [6, 6.07) is 1.77. The molecule has 0 atom stereocenters. The van der Waals surface area contributed by atoms with Gasteiger partial charge in [0.1, 0.15) is 0 Å². The molecular weight excluding hydrogens is 308 g/mol. The number of halogens is 1. The molecule has 0 radical (unpaired) electrons. The van der Waals surface area contributed by atoms with E-state index in [1.165, 1.54) is 0 Å². The van der Waals surface area contributed by atoms with E-state index in [9.17, 15) is 0 Å². The zero-order valence-corrected chi connectivity index (χ0v) is 12.8. The van der Waals surface area contributed by atoms with Crippen molar-refractivity contribution in [3.8, 4) is 5.88 Å². The Morgan fingerprint density at radius 2 is 2.26 bits per heavy atom. The minimum Gasteiger partial charge on any atom is -0.481 e. The van der Waals surface area contributed by atoms with Crippen LogP contribution in [0.4, 0.5) is 5.95 Å². The number of anilines is 1. The van der Waals surface area contributed by atoms with Gasteiger partial charge in [0.15, 0.2) is 0 Å². The molecule has 1 aromatic heterocycles. The summed E-state index contributed by atoms with van der Waals surface area (Å²) in [4.78, 5) is 13.3. The summed E-state index contributed by atoms with van der Waals surface area (Å²) in [5.41, 5.74) is 0. The first-order valence-electron chi connectivity index (χ1n) is 6.36. The van der Waals surface area contributed by atoms with E-state index in [0.29, 0.717) is 5.88 Å². The smallest absolute Gasteiger partial charge is 0.228 e. The fraction of sp³-hybridized carbons (Fsp3) is 0.538. The molecule has 0 unspecified atom stereocenters.